The maximum absolute atomic E-state index is 13.5. The summed E-state index contributed by atoms with van der Waals surface area (Å²) in [6.07, 6.45) is 8.26. The maximum atomic E-state index is 13.5. The molecule has 1 aromatic carbocycles. The Morgan fingerprint density at radius 2 is 1.86 bits per heavy atom. The number of hydrogen-bond acceptors (Lipinski definition) is 5. The molecule has 37 heavy (non-hydrogen) atoms. The molecule has 4 aliphatic rings. The van der Waals surface area contributed by atoms with Crippen LogP contribution in [0.25, 0.3) is 0 Å². The average Bonchev–Trinajstić information content (AvgIpc) is 3.34. The number of nitro groups is 1. The molecule has 194 valence electrons. The average molecular weight is 567 g/mol. The van der Waals surface area contributed by atoms with Crippen molar-refractivity contribution >= 4 is 33.3 Å². The van der Waals surface area contributed by atoms with Crippen LogP contribution in [-0.4, -0.2) is 30.4 Å². The highest BCUT2D eigenvalue weighted by Crippen LogP contribution is 2.65. The minimum atomic E-state index is -0.438. The van der Waals surface area contributed by atoms with Crippen molar-refractivity contribution in [2.24, 2.45) is 17.3 Å². The number of hydrogen-bond donors (Lipinski definition) is 1. The Labute approximate surface area is 223 Å². The molecule has 0 saturated heterocycles. The van der Waals surface area contributed by atoms with Crippen molar-refractivity contribution in [3.8, 4) is 0 Å². The number of carbonyl (C=O) groups excluding carboxylic acids is 1. The second-order valence-electron chi connectivity index (χ2n) is 11.6. The highest BCUT2D eigenvalue weighted by molar-refractivity contribution is 9.10. The van der Waals surface area contributed by atoms with E-state index in [-0.39, 0.29) is 22.7 Å². The minimum absolute atomic E-state index is 0.0233. The number of aryl methyl sites for hydroxylation is 1. The number of benzene rings is 1. The smallest absolute Gasteiger partial charge is 0.358 e. The van der Waals surface area contributed by atoms with E-state index in [9.17, 15) is 14.9 Å². The third kappa shape index (κ3) is 4.28. The van der Waals surface area contributed by atoms with Crippen LogP contribution in [0.5, 0.6) is 0 Å². The summed E-state index contributed by atoms with van der Waals surface area (Å²) in [7, 11) is 0. The number of rotatable bonds is 7. The summed E-state index contributed by atoms with van der Waals surface area (Å²) >= 11 is 3.33. The molecular weight excluding hydrogens is 536 g/mol. The van der Waals surface area contributed by atoms with Gasteiger partial charge >= 0.3 is 5.82 Å². The van der Waals surface area contributed by atoms with E-state index in [4.69, 9.17) is 5.10 Å². The lowest BCUT2D eigenvalue weighted by Gasteiger charge is -2.61. The van der Waals surface area contributed by atoms with Gasteiger partial charge in [0.1, 0.15) is 4.47 Å². The second kappa shape index (κ2) is 8.79. The Bertz CT molecular complexity index is 1370. The molecule has 2 atom stereocenters. The van der Waals surface area contributed by atoms with E-state index in [0.29, 0.717) is 29.3 Å². The first-order valence-electron chi connectivity index (χ1n) is 12.9. The van der Waals surface area contributed by atoms with Crippen molar-refractivity contribution in [1.29, 1.82) is 0 Å². The molecule has 2 unspecified atom stereocenters. The summed E-state index contributed by atoms with van der Waals surface area (Å²) in [6.45, 7) is 4.60. The standard InChI is InChI=1S/C27H31BrN6O3/c1-17-24(18(2)32(30-17)14-19-6-4-3-5-7-19)29-23(35)13-26-9-20-8-21(10-26)12-27(11-20,16-26)33-15-22(28)25(31-33)34(36)37/h3-7,15,20-21H,8-14,16H2,1-2H3,(H,29,35). The first kappa shape index (κ1) is 24.3. The number of aromatic nitrogens is 4. The monoisotopic (exact) mass is 566 g/mol. The third-order valence-corrected chi connectivity index (χ3v) is 9.38. The summed E-state index contributed by atoms with van der Waals surface area (Å²) in [5.74, 6) is 0.928. The van der Waals surface area contributed by atoms with Gasteiger partial charge in [0.15, 0.2) is 0 Å². The zero-order chi connectivity index (χ0) is 25.9. The molecule has 3 aromatic rings. The van der Waals surface area contributed by atoms with Crippen LogP contribution in [0.3, 0.4) is 0 Å². The van der Waals surface area contributed by atoms with Gasteiger partial charge in [0.05, 0.1) is 40.5 Å². The third-order valence-electron chi connectivity index (χ3n) is 8.82. The van der Waals surface area contributed by atoms with Crippen molar-refractivity contribution in [2.75, 3.05) is 5.32 Å². The molecule has 4 aliphatic carbocycles. The Balaban J connectivity index is 1.22. The lowest BCUT2D eigenvalue weighted by atomic mass is 9.46. The lowest BCUT2D eigenvalue weighted by molar-refractivity contribution is -0.390. The number of carbonyl (C=O) groups is 1. The molecule has 1 N–H and O–H groups in total. The van der Waals surface area contributed by atoms with Crippen LogP contribution in [0, 0.1) is 41.2 Å². The van der Waals surface area contributed by atoms with Gasteiger partial charge in [-0.1, -0.05) is 30.3 Å². The molecule has 2 heterocycles. The second-order valence-corrected chi connectivity index (χ2v) is 12.5. The number of nitrogens with zero attached hydrogens (tertiary/aromatic N) is 5. The van der Waals surface area contributed by atoms with Crippen molar-refractivity contribution in [3.63, 3.8) is 0 Å². The van der Waals surface area contributed by atoms with Crippen molar-refractivity contribution in [3.05, 3.63) is 68.1 Å². The van der Waals surface area contributed by atoms with Crippen LogP contribution in [0.4, 0.5) is 11.5 Å². The largest absolute Gasteiger partial charge is 0.404 e. The summed E-state index contributed by atoms with van der Waals surface area (Å²) in [6, 6.07) is 10.2. The zero-order valence-electron chi connectivity index (χ0n) is 21.1. The zero-order valence-corrected chi connectivity index (χ0v) is 22.7. The molecule has 1 amide bonds. The maximum Gasteiger partial charge on any atom is 0.404 e. The van der Waals surface area contributed by atoms with Crippen LogP contribution in [0.2, 0.25) is 0 Å². The van der Waals surface area contributed by atoms with Crippen LogP contribution in [-0.2, 0) is 16.9 Å². The summed E-state index contributed by atoms with van der Waals surface area (Å²) in [5.41, 5.74) is 3.36. The molecule has 0 spiro atoms. The molecule has 9 nitrogen and oxygen atoms in total. The van der Waals surface area contributed by atoms with Gasteiger partial charge in [-0.3, -0.25) is 9.48 Å². The van der Waals surface area contributed by atoms with E-state index >= 15 is 0 Å². The molecule has 4 bridgehead atoms. The van der Waals surface area contributed by atoms with E-state index in [1.165, 1.54) is 6.42 Å². The number of anilines is 1. The number of amides is 1. The normalized spacial score (nSPS) is 28.0. The molecule has 4 fully saturated rings. The quantitative estimate of drug-likeness (QED) is 0.290. The molecule has 0 radical (unpaired) electrons. The first-order valence-corrected chi connectivity index (χ1v) is 13.7. The highest BCUT2D eigenvalue weighted by Gasteiger charge is 2.60. The molecular formula is C27H31BrN6O3. The van der Waals surface area contributed by atoms with E-state index in [1.807, 2.05) is 41.4 Å². The molecule has 0 aliphatic heterocycles. The SMILES string of the molecule is Cc1nn(Cc2ccccc2)c(C)c1NC(=O)CC12CC3CC(C1)CC(n1cc(Br)c([N+](=O)[O-])n1)(C3)C2. The summed E-state index contributed by atoms with van der Waals surface area (Å²) < 4.78 is 4.21. The van der Waals surface area contributed by atoms with Gasteiger partial charge in [-0.2, -0.15) is 9.78 Å². The Morgan fingerprint density at radius 3 is 2.51 bits per heavy atom. The number of halogens is 1. The van der Waals surface area contributed by atoms with Crippen molar-refractivity contribution in [2.45, 2.75) is 70.9 Å². The fourth-order valence-electron chi connectivity index (χ4n) is 7.90. The van der Waals surface area contributed by atoms with Crippen molar-refractivity contribution in [1.82, 2.24) is 19.6 Å². The summed E-state index contributed by atoms with van der Waals surface area (Å²) in [4.78, 5) is 24.5. The Kier molecular flexibility index (Phi) is 5.78. The van der Waals surface area contributed by atoms with E-state index < -0.39 is 4.92 Å². The van der Waals surface area contributed by atoms with Crippen LogP contribution in [0.15, 0.2) is 41.0 Å². The van der Waals surface area contributed by atoms with Gasteiger partial charge in [-0.05, 0) is 96.0 Å². The van der Waals surface area contributed by atoms with E-state index in [1.54, 1.807) is 6.20 Å². The first-order chi connectivity index (χ1) is 17.7. The van der Waals surface area contributed by atoms with Gasteiger partial charge < -0.3 is 15.4 Å². The Hall–Kier alpha value is -3.01. The van der Waals surface area contributed by atoms with Gasteiger partial charge in [0.25, 0.3) is 0 Å². The predicted octanol–water partition coefficient (Wildman–Crippen LogP) is 5.74. The van der Waals surface area contributed by atoms with Crippen LogP contribution >= 0.6 is 15.9 Å². The van der Waals surface area contributed by atoms with Gasteiger partial charge in [-0.15, -0.1) is 0 Å². The molecule has 4 saturated carbocycles. The topological polar surface area (TPSA) is 108 Å². The highest BCUT2D eigenvalue weighted by atomic mass is 79.9. The molecule has 2 aromatic heterocycles. The predicted molar refractivity (Wildman–Crippen MR) is 142 cm³/mol. The molecule has 10 heteroatoms. The summed E-state index contributed by atoms with van der Waals surface area (Å²) in [5, 5.41) is 23.7. The van der Waals surface area contributed by atoms with Crippen molar-refractivity contribution < 1.29 is 9.72 Å². The van der Waals surface area contributed by atoms with Crippen LogP contribution in [0.1, 0.15) is 61.9 Å². The number of nitrogens with one attached hydrogen (secondary N) is 1. The Morgan fingerprint density at radius 1 is 1.16 bits per heavy atom. The minimum Gasteiger partial charge on any atom is -0.358 e. The molecule has 7 rings (SSSR count). The fraction of sp³-hybridized carbons (Fsp3) is 0.519. The van der Waals surface area contributed by atoms with Gasteiger partial charge in [0.2, 0.25) is 5.91 Å². The lowest BCUT2D eigenvalue weighted by Crippen LogP contribution is -2.57. The fourth-order valence-corrected chi connectivity index (χ4v) is 8.32. The van der Waals surface area contributed by atoms with E-state index in [2.05, 4.69) is 38.5 Å². The van der Waals surface area contributed by atoms with Gasteiger partial charge in [-0.25, -0.2) is 0 Å². The van der Waals surface area contributed by atoms with E-state index in [0.717, 1.165) is 54.7 Å². The van der Waals surface area contributed by atoms with Crippen LogP contribution < -0.4 is 5.32 Å². The van der Waals surface area contributed by atoms with Gasteiger partial charge in [0, 0.05) is 6.42 Å².